The first-order valence-electron chi connectivity index (χ1n) is 5.44. The fraction of sp³-hybridized carbons (Fsp3) is 0. The maximum Gasteiger partial charge on any atom is 0.337 e. The van der Waals surface area contributed by atoms with Crippen LogP contribution in [0.4, 0.5) is 16.3 Å². The molecule has 0 aliphatic carbocycles. The number of hydrogen-bond donors (Lipinski definition) is 3. The third kappa shape index (κ3) is 3.21. The summed E-state index contributed by atoms with van der Waals surface area (Å²) in [5, 5.41) is 14.0. The minimum absolute atomic E-state index is 0.0167. The van der Waals surface area contributed by atoms with Crippen molar-refractivity contribution >= 4 is 35.1 Å². The van der Waals surface area contributed by atoms with Crippen LogP contribution in [0.2, 0.25) is 5.02 Å². The molecule has 0 spiro atoms. The molecule has 0 aliphatic heterocycles. The van der Waals surface area contributed by atoms with Crippen molar-refractivity contribution in [3.8, 4) is 0 Å². The van der Waals surface area contributed by atoms with Gasteiger partial charge in [0.1, 0.15) is 0 Å². The largest absolute Gasteiger partial charge is 0.478 e. The fourth-order valence-electron chi connectivity index (χ4n) is 1.45. The molecular weight excluding hydrogens is 284 g/mol. The first-order valence-corrected chi connectivity index (χ1v) is 5.81. The number of benzene rings is 1. The quantitative estimate of drug-likeness (QED) is 0.806. The minimum Gasteiger partial charge on any atom is -0.478 e. The van der Waals surface area contributed by atoms with E-state index in [0.717, 1.165) is 0 Å². The molecule has 20 heavy (non-hydrogen) atoms. The summed E-state index contributed by atoms with van der Waals surface area (Å²) in [6, 6.07) is 3.64. The van der Waals surface area contributed by atoms with Crippen molar-refractivity contribution in [2.24, 2.45) is 0 Å². The topological polar surface area (TPSA) is 104 Å². The molecule has 0 atom stereocenters. The number of aromatic carboxylic acids is 1. The number of halogens is 1. The van der Waals surface area contributed by atoms with E-state index >= 15 is 0 Å². The van der Waals surface area contributed by atoms with Gasteiger partial charge in [-0.25, -0.2) is 14.6 Å². The third-order valence-electron chi connectivity index (χ3n) is 2.29. The van der Waals surface area contributed by atoms with Gasteiger partial charge in [0.15, 0.2) is 5.82 Å². The Hall–Kier alpha value is -2.67. The average molecular weight is 293 g/mol. The highest BCUT2D eigenvalue weighted by Gasteiger charge is 2.15. The monoisotopic (exact) mass is 292 g/mol. The van der Waals surface area contributed by atoms with Crippen LogP contribution in [0.25, 0.3) is 0 Å². The molecule has 0 saturated carbocycles. The lowest BCUT2D eigenvalue weighted by Crippen LogP contribution is -2.21. The highest BCUT2D eigenvalue weighted by atomic mass is 35.5. The molecule has 2 aromatic rings. The van der Waals surface area contributed by atoms with Crippen molar-refractivity contribution in [2.45, 2.75) is 0 Å². The molecule has 1 heterocycles. The van der Waals surface area contributed by atoms with Crippen molar-refractivity contribution in [3.63, 3.8) is 0 Å². The lowest BCUT2D eigenvalue weighted by Gasteiger charge is -2.10. The lowest BCUT2D eigenvalue weighted by molar-refractivity contribution is 0.0698. The van der Waals surface area contributed by atoms with Gasteiger partial charge >= 0.3 is 12.0 Å². The van der Waals surface area contributed by atoms with Crippen molar-refractivity contribution in [1.82, 2.24) is 9.97 Å². The lowest BCUT2D eigenvalue weighted by atomic mass is 10.2. The number of anilines is 2. The molecule has 0 bridgehead atoms. The van der Waals surface area contributed by atoms with Gasteiger partial charge in [0, 0.05) is 12.4 Å². The Balaban J connectivity index is 2.18. The van der Waals surface area contributed by atoms with Crippen molar-refractivity contribution < 1.29 is 14.7 Å². The van der Waals surface area contributed by atoms with Crippen LogP contribution < -0.4 is 10.6 Å². The Morgan fingerprint density at radius 2 is 2.00 bits per heavy atom. The van der Waals surface area contributed by atoms with E-state index in [9.17, 15) is 9.59 Å². The summed E-state index contributed by atoms with van der Waals surface area (Å²) >= 11 is 5.89. The number of para-hydroxylation sites is 1. The number of urea groups is 1. The van der Waals surface area contributed by atoms with Crippen LogP contribution in [0.5, 0.6) is 0 Å². The predicted octanol–water partition coefficient (Wildman–Crippen LogP) is 2.47. The van der Waals surface area contributed by atoms with Gasteiger partial charge in [0.25, 0.3) is 0 Å². The van der Waals surface area contributed by atoms with Gasteiger partial charge in [0.2, 0.25) is 0 Å². The second-order valence-corrected chi connectivity index (χ2v) is 4.04. The number of aromatic nitrogens is 2. The first kappa shape index (κ1) is 13.8. The van der Waals surface area contributed by atoms with E-state index in [2.05, 4.69) is 20.6 Å². The SMILES string of the molecule is O=C(Nc1cnccn1)Nc1c(Cl)cccc1C(=O)O. The first-order chi connectivity index (χ1) is 9.58. The molecule has 0 fully saturated rings. The number of hydrogen-bond acceptors (Lipinski definition) is 4. The molecule has 2 amide bonds. The van der Waals surface area contributed by atoms with Gasteiger partial charge in [-0.3, -0.25) is 10.3 Å². The zero-order chi connectivity index (χ0) is 14.5. The smallest absolute Gasteiger partial charge is 0.337 e. The Morgan fingerprint density at radius 3 is 2.65 bits per heavy atom. The van der Waals surface area contributed by atoms with Gasteiger partial charge in [-0.1, -0.05) is 17.7 Å². The van der Waals surface area contributed by atoms with Crippen molar-refractivity contribution in [3.05, 3.63) is 47.4 Å². The van der Waals surface area contributed by atoms with E-state index in [4.69, 9.17) is 16.7 Å². The van der Waals surface area contributed by atoms with E-state index in [-0.39, 0.29) is 22.1 Å². The third-order valence-corrected chi connectivity index (χ3v) is 2.60. The van der Waals surface area contributed by atoms with E-state index in [1.807, 2.05) is 0 Å². The molecule has 3 N–H and O–H groups in total. The number of rotatable bonds is 3. The molecule has 1 aromatic carbocycles. The van der Waals surface area contributed by atoms with Crippen LogP contribution in [0.15, 0.2) is 36.8 Å². The van der Waals surface area contributed by atoms with E-state index in [1.54, 1.807) is 0 Å². The van der Waals surface area contributed by atoms with Crippen LogP contribution in [0, 0.1) is 0 Å². The number of amides is 2. The molecule has 1 aromatic heterocycles. The summed E-state index contributed by atoms with van der Waals surface area (Å²) in [5.41, 5.74) is -0.0881. The van der Waals surface area contributed by atoms with Crippen LogP contribution in [-0.4, -0.2) is 27.1 Å². The number of carboxylic acids is 1. The van der Waals surface area contributed by atoms with E-state index in [0.29, 0.717) is 0 Å². The summed E-state index contributed by atoms with van der Waals surface area (Å²) in [7, 11) is 0. The van der Waals surface area contributed by atoms with Gasteiger partial charge in [-0.15, -0.1) is 0 Å². The number of carboxylic acid groups (broad SMARTS) is 1. The number of nitrogens with one attached hydrogen (secondary N) is 2. The predicted molar refractivity (Wildman–Crippen MR) is 73.1 cm³/mol. The molecule has 0 unspecified atom stereocenters. The highest BCUT2D eigenvalue weighted by molar-refractivity contribution is 6.34. The maximum absolute atomic E-state index is 11.8. The van der Waals surface area contributed by atoms with Gasteiger partial charge in [0.05, 0.1) is 22.5 Å². The standard InChI is InChI=1S/C12H9ClN4O3/c13-8-3-1-2-7(11(18)19)10(8)17-12(20)16-9-6-14-4-5-15-9/h1-6H,(H,18,19)(H2,15,16,17,20). The second kappa shape index (κ2) is 5.98. The van der Waals surface area contributed by atoms with Crippen molar-refractivity contribution in [1.29, 1.82) is 0 Å². The molecule has 2 rings (SSSR count). The molecule has 102 valence electrons. The molecule has 7 nitrogen and oxygen atoms in total. The number of nitrogens with zero attached hydrogens (tertiary/aromatic N) is 2. The van der Waals surface area contributed by atoms with E-state index < -0.39 is 12.0 Å². The molecule has 0 saturated heterocycles. The Kier molecular flexibility index (Phi) is 4.11. The summed E-state index contributed by atoms with van der Waals surface area (Å²) in [6.07, 6.45) is 4.22. The Bertz CT molecular complexity index is 648. The number of carbonyl (C=O) groups excluding carboxylic acids is 1. The zero-order valence-electron chi connectivity index (χ0n) is 10.0. The molecule has 0 radical (unpaired) electrons. The maximum atomic E-state index is 11.8. The Labute approximate surface area is 118 Å². The highest BCUT2D eigenvalue weighted by Crippen LogP contribution is 2.26. The van der Waals surface area contributed by atoms with Gasteiger partial charge in [-0.2, -0.15) is 0 Å². The fourth-order valence-corrected chi connectivity index (χ4v) is 1.68. The summed E-state index contributed by atoms with van der Waals surface area (Å²) in [4.78, 5) is 30.5. The van der Waals surface area contributed by atoms with Gasteiger partial charge in [-0.05, 0) is 12.1 Å². The van der Waals surface area contributed by atoms with Crippen LogP contribution in [-0.2, 0) is 0 Å². The average Bonchev–Trinajstić information content (AvgIpc) is 2.42. The zero-order valence-corrected chi connectivity index (χ0v) is 10.8. The molecule has 8 heteroatoms. The molecular formula is C12H9ClN4O3. The summed E-state index contributed by atoms with van der Waals surface area (Å²) in [5.74, 6) is -0.962. The normalized spacial score (nSPS) is 9.85. The second-order valence-electron chi connectivity index (χ2n) is 3.64. The van der Waals surface area contributed by atoms with Crippen LogP contribution in [0.1, 0.15) is 10.4 Å². The number of carbonyl (C=O) groups is 2. The summed E-state index contributed by atoms with van der Waals surface area (Å²) in [6.45, 7) is 0. The molecule has 0 aliphatic rings. The van der Waals surface area contributed by atoms with E-state index in [1.165, 1.54) is 36.8 Å². The van der Waals surface area contributed by atoms with Crippen LogP contribution in [0.3, 0.4) is 0 Å². The summed E-state index contributed by atoms with van der Waals surface area (Å²) < 4.78 is 0. The van der Waals surface area contributed by atoms with Crippen molar-refractivity contribution in [2.75, 3.05) is 10.6 Å². The minimum atomic E-state index is -1.19. The van der Waals surface area contributed by atoms with Gasteiger partial charge < -0.3 is 10.4 Å². The Morgan fingerprint density at radius 1 is 1.20 bits per heavy atom. The van der Waals surface area contributed by atoms with Crippen LogP contribution >= 0.6 is 11.6 Å².